The van der Waals surface area contributed by atoms with Crippen LogP contribution in [0.1, 0.15) is 158 Å². The number of carbonyl (C=O) groups is 2. The van der Waals surface area contributed by atoms with Crippen LogP contribution in [0.3, 0.4) is 0 Å². The summed E-state index contributed by atoms with van der Waals surface area (Å²) >= 11 is 0. The van der Waals surface area contributed by atoms with Gasteiger partial charge in [0.15, 0.2) is 6.10 Å². The van der Waals surface area contributed by atoms with Crippen molar-refractivity contribution in [2.24, 2.45) is 0 Å². The molecule has 3 atom stereocenters. The number of allylic oxidation sites excluding steroid dienone is 6. The summed E-state index contributed by atoms with van der Waals surface area (Å²) in [5, 5.41) is 10.2. The van der Waals surface area contributed by atoms with Crippen molar-refractivity contribution < 1.29 is 51.6 Å². The van der Waals surface area contributed by atoms with Gasteiger partial charge in [0.2, 0.25) is 0 Å². The minimum absolute atomic E-state index is 0.00229. The number of phosphoric acid groups is 1. The SMILES string of the molecule is CCCCC/C=C\C/C=C\CC(O)/C=C\C=C\CCCC(=O)O[C@H](COC(=O)CCCCCCCCCCc1oc(CCC)c(C)c1C)COP(=O)(O)OCC[N+](C)(C)C. The smallest absolute Gasteiger partial charge is 0.466 e. The number of likely N-dealkylation sites (N-methyl/N-ethyl adjacent to an activating group) is 1. The monoisotopic (exact) mass is 865 g/mol. The van der Waals surface area contributed by atoms with E-state index >= 15 is 0 Å². The van der Waals surface area contributed by atoms with Crippen LogP contribution in [-0.4, -0.2) is 86.1 Å². The van der Waals surface area contributed by atoms with Crippen LogP contribution in [-0.2, 0) is 45.5 Å². The topological polar surface area (TPSA) is 142 Å². The summed E-state index contributed by atoms with van der Waals surface area (Å²) in [4.78, 5) is 35.5. The molecule has 0 amide bonds. The van der Waals surface area contributed by atoms with Gasteiger partial charge in [0.25, 0.3) is 0 Å². The number of rotatable bonds is 37. The van der Waals surface area contributed by atoms with Gasteiger partial charge in [0, 0.05) is 25.7 Å². The number of nitrogens with zero attached hydrogens (tertiary/aromatic N) is 1. The molecule has 0 fully saturated rings. The van der Waals surface area contributed by atoms with E-state index in [1.165, 1.54) is 43.2 Å². The van der Waals surface area contributed by atoms with E-state index in [1.807, 2.05) is 39.4 Å². The fourth-order valence-electron chi connectivity index (χ4n) is 6.25. The lowest BCUT2D eigenvalue weighted by molar-refractivity contribution is -0.870. The molecule has 0 aliphatic rings. The number of unbranched alkanes of at least 4 members (excludes halogenated alkanes) is 11. The lowest BCUT2D eigenvalue weighted by atomic mass is 10.0. The maximum absolute atomic E-state index is 12.7. The molecular weight excluding hydrogens is 781 g/mol. The number of ether oxygens (including phenoxy) is 2. The standard InChI is InChI=1S/C48H82NO10P/c1-8-10-11-12-13-14-17-21-26-32-43(50)33-27-22-20-25-30-36-48(52)58-44(40-57-60(53,54)56-38-37-49(5,6)7)39-55-47(51)35-29-24-19-16-15-18-23-28-34-46-42(4)41(3)45(59-46)31-9-2/h13-14,20-22,26-27,33,43-44,50H,8-12,15-19,23-25,28-32,34-40H2,1-7H3/p+1/b14-13-,22-20+,26-21-,33-27-/t43?,44-/m1/s1. The van der Waals surface area contributed by atoms with Crippen LogP contribution in [0, 0.1) is 13.8 Å². The number of hydrogen-bond acceptors (Lipinski definition) is 9. The molecule has 0 aliphatic heterocycles. The third-order valence-corrected chi connectivity index (χ3v) is 11.1. The van der Waals surface area contributed by atoms with Crippen LogP contribution in [0.15, 0.2) is 53.0 Å². The molecule has 0 aliphatic carbocycles. The lowest BCUT2D eigenvalue weighted by Gasteiger charge is -2.24. The average molecular weight is 865 g/mol. The van der Waals surface area contributed by atoms with E-state index in [4.69, 9.17) is 22.9 Å². The second-order valence-electron chi connectivity index (χ2n) is 16.9. The maximum atomic E-state index is 12.7. The first-order valence-electron chi connectivity index (χ1n) is 22.8. The maximum Gasteiger partial charge on any atom is 0.472 e. The Morgan fingerprint density at radius 2 is 1.35 bits per heavy atom. The van der Waals surface area contributed by atoms with E-state index in [1.54, 1.807) is 12.2 Å². The van der Waals surface area contributed by atoms with E-state index < -0.39 is 38.6 Å². The first-order valence-corrected chi connectivity index (χ1v) is 24.3. The van der Waals surface area contributed by atoms with Gasteiger partial charge in [-0.25, -0.2) is 4.57 Å². The molecular formula is C48H83NO10P+. The molecule has 12 heteroatoms. The van der Waals surface area contributed by atoms with E-state index in [-0.39, 0.29) is 26.1 Å². The highest BCUT2D eigenvalue weighted by molar-refractivity contribution is 7.47. The van der Waals surface area contributed by atoms with Gasteiger partial charge in [-0.2, -0.15) is 0 Å². The molecule has 11 nitrogen and oxygen atoms in total. The lowest BCUT2D eigenvalue weighted by Crippen LogP contribution is -2.37. The Labute approximate surface area is 363 Å². The molecule has 0 aromatic carbocycles. The van der Waals surface area contributed by atoms with Crippen molar-refractivity contribution in [1.82, 2.24) is 0 Å². The summed E-state index contributed by atoms with van der Waals surface area (Å²) < 4.78 is 40.4. The summed E-state index contributed by atoms with van der Waals surface area (Å²) in [7, 11) is 1.36. The molecule has 2 unspecified atom stereocenters. The Morgan fingerprint density at radius 3 is 2.03 bits per heavy atom. The van der Waals surface area contributed by atoms with Crippen LogP contribution in [0.5, 0.6) is 0 Å². The van der Waals surface area contributed by atoms with Crippen molar-refractivity contribution in [3.8, 4) is 0 Å². The molecule has 0 bridgehead atoms. The third-order valence-electron chi connectivity index (χ3n) is 10.1. The predicted octanol–water partition coefficient (Wildman–Crippen LogP) is 11.3. The number of quaternary nitrogens is 1. The second-order valence-corrected chi connectivity index (χ2v) is 18.3. The zero-order valence-corrected chi connectivity index (χ0v) is 39.4. The first kappa shape index (κ1) is 55.2. The Balaban J connectivity index is 2.41. The number of aliphatic hydroxyl groups is 1. The molecule has 60 heavy (non-hydrogen) atoms. The predicted molar refractivity (Wildman–Crippen MR) is 243 cm³/mol. The Morgan fingerprint density at radius 1 is 0.717 bits per heavy atom. The van der Waals surface area contributed by atoms with Gasteiger partial charge in [-0.15, -0.1) is 0 Å². The van der Waals surface area contributed by atoms with Crippen molar-refractivity contribution in [2.75, 3.05) is 47.5 Å². The van der Waals surface area contributed by atoms with E-state index in [2.05, 4.69) is 45.9 Å². The van der Waals surface area contributed by atoms with Crippen LogP contribution in [0.4, 0.5) is 0 Å². The van der Waals surface area contributed by atoms with Crippen LogP contribution in [0.25, 0.3) is 0 Å². The number of phosphoric ester groups is 1. The highest BCUT2D eigenvalue weighted by atomic mass is 31.2. The van der Waals surface area contributed by atoms with E-state index in [9.17, 15) is 24.2 Å². The van der Waals surface area contributed by atoms with Gasteiger partial charge in [-0.05, 0) is 82.8 Å². The van der Waals surface area contributed by atoms with Gasteiger partial charge in [0.1, 0.15) is 31.3 Å². The number of esters is 2. The molecule has 0 saturated heterocycles. The van der Waals surface area contributed by atoms with Gasteiger partial charge in [-0.1, -0.05) is 114 Å². The fourth-order valence-corrected chi connectivity index (χ4v) is 6.99. The highest BCUT2D eigenvalue weighted by Gasteiger charge is 2.27. The average Bonchev–Trinajstić information content (AvgIpc) is 3.45. The minimum Gasteiger partial charge on any atom is -0.466 e. The normalized spacial score (nSPS) is 14.5. The van der Waals surface area contributed by atoms with Gasteiger partial charge in [-0.3, -0.25) is 18.6 Å². The minimum atomic E-state index is -4.43. The summed E-state index contributed by atoms with van der Waals surface area (Å²) in [6.07, 6.45) is 33.2. The van der Waals surface area contributed by atoms with Crippen molar-refractivity contribution >= 4 is 19.8 Å². The summed E-state index contributed by atoms with van der Waals surface area (Å²) in [6.45, 7) is 8.43. The van der Waals surface area contributed by atoms with Crippen molar-refractivity contribution in [1.29, 1.82) is 0 Å². The van der Waals surface area contributed by atoms with Crippen molar-refractivity contribution in [3.63, 3.8) is 0 Å². The summed E-state index contributed by atoms with van der Waals surface area (Å²) in [5.74, 6) is 1.33. The highest BCUT2D eigenvalue weighted by Crippen LogP contribution is 2.43. The van der Waals surface area contributed by atoms with Gasteiger partial charge >= 0.3 is 19.8 Å². The van der Waals surface area contributed by atoms with E-state index in [0.717, 1.165) is 75.7 Å². The number of furan rings is 1. The number of aryl methyl sites for hydroxylation is 2. The number of hydrogen-bond donors (Lipinski definition) is 2. The van der Waals surface area contributed by atoms with E-state index in [0.29, 0.717) is 36.7 Å². The largest absolute Gasteiger partial charge is 0.472 e. The molecule has 0 saturated carbocycles. The molecule has 1 rings (SSSR count). The van der Waals surface area contributed by atoms with Gasteiger partial charge < -0.3 is 28.4 Å². The molecule has 1 aromatic heterocycles. The van der Waals surface area contributed by atoms with Crippen LogP contribution in [0.2, 0.25) is 0 Å². The zero-order valence-electron chi connectivity index (χ0n) is 38.5. The summed E-state index contributed by atoms with van der Waals surface area (Å²) in [6, 6.07) is 0. The van der Waals surface area contributed by atoms with Crippen LogP contribution < -0.4 is 0 Å². The quantitative estimate of drug-likeness (QED) is 0.0166. The zero-order chi connectivity index (χ0) is 44.5. The fraction of sp³-hybridized carbons (Fsp3) is 0.708. The Bertz CT molecular complexity index is 1460. The van der Waals surface area contributed by atoms with Crippen molar-refractivity contribution in [3.05, 3.63) is 71.3 Å². The molecule has 344 valence electrons. The summed E-state index contributed by atoms with van der Waals surface area (Å²) in [5.41, 5.74) is 2.62. The second kappa shape index (κ2) is 33.8. The molecule has 0 radical (unpaired) electrons. The van der Waals surface area contributed by atoms with Crippen molar-refractivity contribution in [2.45, 2.75) is 175 Å². The first-order chi connectivity index (χ1) is 28.7. The third kappa shape index (κ3) is 30.3. The number of carbonyl (C=O) groups excluding carboxylic acids is 2. The number of aliphatic hydroxyl groups excluding tert-OH is 1. The molecule has 1 aromatic rings. The Hall–Kier alpha value is -2.79. The molecule has 2 N–H and O–H groups in total. The van der Waals surface area contributed by atoms with Crippen LogP contribution >= 0.6 is 7.82 Å². The Kier molecular flexibility index (Phi) is 31.1. The molecule has 0 spiro atoms. The molecule has 1 heterocycles. The van der Waals surface area contributed by atoms with Gasteiger partial charge in [0.05, 0.1) is 33.9 Å².